The van der Waals surface area contributed by atoms with Crippen molar-refractivity contribution < 1.29 is 14.3 Å². The van der Waals surface area contributed by atoms with Crippen molar-refractivity contribution in [3.05, 3.63) is 59.7 Å². The van der Waals surface area contributed by atoms with Gasteiger partial charge in [-0.25, -0.2) is 0 Å². The summed E-state index contributed by atoms with van der Waals surface area (Å²) < 4.78 is 5.12. The maximum absolute atomic E-state index is 12.9. The SMILES string of the molecule is COc1ccc(C(=O)Nc2ccccc2C(=O)NC2CC3CCC(C2)N3)cc1. The summed E-state index contributed by atoms with van der Waals surface area (Å²) in [6.45, 7) is 0. The van der Waals surface area contributed by atoms with Gasteiger partial charge in [-0.2, -0.15) is 0 Å². The second-order valence-corrected chi connectivity index (χ2v) is 7.51. The van der Waals surface area contributed by atoms with E-state index in [1.807, 2.05) is 12.1 Å². The molecule has 146 valence electrons. The molecule has 2 aromatic carbocycles. The number of benzene rings is 2. The fourth-order valence-electron chi connectivity index (χ4n) is 4.17. The van der Waals surface area contributed by atoms with Crippen molar-refractivity contribution in [2.75, 3.05) is 12.4 Å². The van der Waals surface area contributed by atoms with Crippen LogP contribution in [0.25, 0.3) is 0 Å². The number of para-hydroxylation sites is 1. The third kappa shape index (κ3) is 4.02. The van der Waals surface area contributed by atoms with Crippen molar-refractivity contribution in [1.29, 1.82) is 0 Å². The molecule has 2 heterocycles. The van der Waals surface area contributed by atoms with Gasteiger partial charge < -0.3 is 20.7 Å². The fourth-order valence-corrected chi connectivity index (χ4v) is 4.17. The Labute approximate surface area is 164 Å². The molecule has 2 fully saturated rings. The summed E-state index contributed by atoms with van der Waals surface area (Å²) in [6.07, 6.45) is 4.29. The van der Waals surface area contributed by atoms with Gasteiger partial charge in [0.25, 0.3) is 11.8 Å². The van der Waals surface area contributed by atoms with Crippen molar-refractivity contribution in [2.24, 2.45) is 0 Å². The molecule has 3 N–H and O–H groups in total. The maximum Gasteiger partial charge on any atom is 0.255 e. The summed E-state index contributed by atoms with van der Waals surface area (Å²) in [5, 5.41) is 9.60. The largest absolute Gasteiger partial charge is 0.497 e. The van der Waals surface area contributed by atoms with Gasteiger partial charge in [0, 0.05) is 23.7 Å². The zero-order chi connectivity index (χ0) is 19.5. The van der Waals surface area contributed by atoms with Gasteiger partial charge in [0.05, 0.1) is 18.4 Å². The van der Waals surface area contributed by atoms with E-state index < -0.39 is 0 Å². The summed E-state index contributed by atoms with van der Waals surface area (Å²) in [4.78, 5) is 25.5. The number of hydrogen-bond acceptors (Lipinski definition) is 4. The van der Waals surface area contributed by atoms with Gasteiger partial charge in [-0.3, -0.25) is 9.59 Å². The Morgan fingerprint density at radius 2 is 1.64 bits per heavy atom. The number of anilines is 1. The quantitative estimate of drug-likeness (QED) is 0.746. The standard InChI is InChI=1S/C22H25N3O3/c1-28-18-10-6-14(7-11-18)21(26)25-20-5-3-2-4-19(20)22(27)24-17-12-15-8-9-16(13-17)23-15/h2-7,10-11,15-17,23H,8-9,12-13H2,1H3,(H,24,27)(H,25,26). The van der Waals surface area contributed by atoms with E-state index in [1.165, 1.54) is 12.8 Å². The van der Waals surface area contributed by atoms with Crippen LogP contribution in [-0.4, -0.2) is 37.0 Å². The first kappa shape index (κ1) is 18.5. The predicted molar refractivity (Wildman–Crippen MR) is 108 cm³/mol. The molecule has 2 amide bonds. The molecule has 2 saturated heterocycles. The van der Waals surface area contributed by atoms with Crippen molar-refractivity contribution in [1.82, 2.24) is 10.6 Å². The number of piperidine rings is 1. The Morgan fingerprint density at radius 1 is 0.964 bits per heavy atom. The summed E-state index contributed by atoms with van der Waals surface area (Å²) >= 11 is 0. The highest BCUT2D eigenvalue weighted by Crippen LogP contribution is 2.27. The van der Waals surface area contributed by atoms with Gasteiger partial charge in [0.1, 0.15) is 5.75 Å². The lowest BCUT2D eigenvalue weighted by Crippen LogP contribution is -2.48. The molecule has 4 rings (SSSR count). The van der Waals surface area contributed by atoms with E-state index in [0.29, 0.717) is 34.6 Å². The number of rotatable bonds is 5. The van der Waals surface area contributed by atoms with Crippen LogP contribution >= 0.6 is 0 Å². The molecule has 0 spiro atoms. The van der Waals surface area contributed by atoms with Crippen LogP contribution in [-0.2, 0) is 0 Å². The maximum atomic E-state index is 12.9. The smallest absolute Gasteiger partial charge is 0.255 e. The molecule has 2 aliphatic heterocycles. The first-order valence-electron chi connectivity index (χ1n) is 9.73. The minimum absolute atomic E-state index is 0.142. The van der Waals surface area contributed by atoms with E-state index in [4.69, 9.17) is 4.74 Å². The van der Waals surface area contributed by atoms with Crippen LogP contribution in [0.5, 0.6) is 5.75 Å². The summed E-state index contributed by atoms with van der Waals surface area (Å²) in [5.74, 6) is 0.284. The molecule has 2 bridgehead atoms. The van der Waals surface area contributed by atoms with Crippen LogP contribution in [0.15, 0.2) is 48.5 Å². The van der Waals surface area contributed by atoms with E-state index in [9.17, 15) is 9.59 Å². The second kappa shape index (κ2) is 8.02. The third-order valence-corrected chi connectivity index (χ3v) is 5.58. The van der Waals surface area contributed by atoms with Gasteiger partial charge in [0.15, 0.2) is 0 Å². The summed E-state index contributed by atoms with van der Waals surface area (Å²) in [6, 6.07) is 15.2. The first-order valence-corrected chi connectivity index (χ1v) is 9.73. The number of nitrogens with one attached hydrogen (secondary N) is 3. The lowest BCUT2D eigenvalue weighted by Gasteiger charge is -2.29. The van der Waals surface area contributed by atoms with Gasteiger partial charge in [0.2, 0.25) is 0 Å². The molecular weight excluding hydrogens is 354 g/mol. The Balaban J connectivity index is 1.45. The molecule has 0 aromatic heterocycles. The number of hydrogen-bond donors (Lipinski definition) is 3. The van der Waals surface area contributed by atoms with Crippen LogP contribution in [0.1, 0.15) is 46.4 Å². The van der Waals surface area contributed by atoms with Crippen molar-refractivity contribution in [3.63, 3.8) is 0 Å². The number of carbonyl (C=O) groups excluding carboxylic acids is 2. The molecule has 2 atom stereocenters. The van der Waals surface area contributed by atoms with E-state index in [0.717, 1.165) is 12.8 Å². The average Bonchev–Trinajstić information content (AvgIpc) is 3.06. The zero-order valence-electron chi connectivity index (χ0n) is 15.9. The molecular formula is C22H25N3O3. The topological polar surface area (TPSA) is 79.5 Å². The highest BCUT2D eigenvalue weighted by atomic mass is 16.5. The van der Waals surface area contributed by atoms with Crippen LogP contribution in [0.3, 0.4) is 0 Å². The fraction of sp³-hybridized carbons (Fsp3) is 0.364. The van der Waals surface area contributed by atoms with E-state index in [2.05, 4.69) is 16.0 Å². The molecule has 2 aromatic rings. The number of ether oxygens (including phenoxy) is 1. The monoisotopic (exact) mass is 379 g/mol. The van der Waals surface area contributed by atoms with Crippen molar-refractivity contribution in [3.8, 4) is 5.75 Å². The number of amides is 2. The Kier molecular flexibility index (Phi) is 5.30. The van der Waals surface area contributed by atoms with Crippen molar-refractivity contribution >= 4 is 17.5 Å². The molecule has 2 unspecified atom stereocenters. The zero-order valence-corrected chi connectivity index (χ0v) is 15.9. The second-order valence-electron chi connectivity index (χ2n) is 7.51. The van der Waals surface area contributed by atoms with Gasteiger partial charge >= 0.3 is 0 Å². The van der Waals surface area contributed by atoms with Gasteiger partial charge in [-0.1, -0.05) is 12.1 Å². The normalized spacial score (nSPS) is 23.1. The molecule has 2 aliphatic rings. The van der Waals surface area contributed by atoms with E-state index in [-0.39, 0.29) is 17.9 Å². The highest BCUT2D eigenvalue weighted by Gasteiger charge is 2.34. The minimum atomic E-state index is -0.261. The summed E-state index contributed by atoms with van der Waals surface area (Å²) in [7, 11) is 1.58. The highest BCUT2D eigenvalue weighted by molar-refractivity contribution is 6.09. The Morgan fingerprint density at radius 3 is 2.32 bits per heavy atom. The Bertz CT molecular complexity index is 854. The van der Waals surface area contributed by atoms with Gasteiger partial charge in [-0.05, 0) is 62.1 Å². The predicted octanol–water partition coefficient (Wildman–Crippen LogP) is 2.96. The minimum Gasteiger partial charge on any atom is -0.497 e. The Hall–Kier alpha value is -2.86. The number of carbonyl (C=O) groups is 2. The third-order valence-electron chi connectivity index (χ3n) is 5.58. The molecule has 6 nitrogen and oxygen atoms in total. The molecule has 28 heavy (non-hydrogen) atoms. The first-order chi connectivity index (χ1) is 13.6. The molecule has 0 radical (unpaired) electrons. The number of methoxy groups -OCH3 is 1. The van der Waals surface area contributed by atoms with E-state index >= 15 is 0 Å². The van der Waals surface area contributed by atoms with Crippen molar-refractivity contribution in [2.45, 2.75) is 43.8 Å². The summed E-state index contributed by atoms with van der Waals surface area (Å²) in [5.41, 5.74) is 1.50. The van der Waals surface area contributed by atoms with Crippen LogP contribution in [0.4, 0.5) is 5.69 Å². The molecule has 6 heteroatoms. The average molecular weight is 379 g/mol. The number of fused-ring (bicyclic) bond motifs is 2. The van der Waals surface area contributed by atoms with Gasteiger partial charge in [-0.15, -0.1) is 0 Å². The van der Waals surface area contributed by atoms with Crippen LogP contribution in [0.2, 0.25) is 0 Å². The molecule has 0 saturated carbocycles. The lowest BCUT2D eigenvalue weighted by atomic mass is 9.99. The van der Waals surface area contributed by atoms with Crippen LogP contribution in [0, 0.1) is 0 Å². The molecule has 0 aliphatic carbocycles. The lowest BCUT2D eigenvalue weighted by molar-refractivity contribution is 0.0925. The van der Waals surface area contributed by atoms with Crippen LogP contribution < -0.4 is 20.7 Å². The van der Waals surface area contributed by atoms with E-state index in [1.54, 1.807) is 43.5 Å².